The van der Waals surface area contributed by atoms with Crippen LogP contribution in [-0.4, -0.2) is 45.7 Å². The average molecular weight is 378 g/mol. The second-order valence-electron chi connectivity index (χ2n) is 6.81. The zero-order valence-corrected chi connectivity index (χ0v) is 14.0. The van der Waals surface area contributed by atoms with Crippen LogP contribution < -0.4 is 16.1 Å². The van der Waals surface area contributed by atoms with Gasteiger partial charge in [-0.2, -0.15) is 0 Å². The summed E-state index contributed by atoms with van der Waals surface area (Å²) in [5, 5.41) is 20.9. The van der Waals surface area contributed by atoms with Crippen molar-refractivity contribution in [3.05, 3.63) is 39.7 Å². The highest BCUT2D eigenvalue weighted by Crippen LogP contribution is 2.39. The number of aromatic carboxylic acids is 1. The van der Waals surface area contributed by atoms with Crippen molar-refractivity contribution in [3.63, 3.8) is 0 Å². The Morgan fingerprint density at radius 1 is 1.33 bits per heavy atom. The average Bonchev–Trinajstić information content (AvgIpc) is 3.38. The molecule has 2 aliphatic rings. The van der Waals surface area contributed by atoms with Crippen LogP contribution in [0, 0.1) is 11.6 Å². The maximum atomic E-state index is 15.4. The standard InChI is InChI=1S/C17H16F2N4O4/c18-10-3-8-14(13(19)15(10)22-5-11(20)12(6-22)21-27)23(7-1-2-7)4-9(16(8)24)17(25)26/h3-4,7,11,27H,1-2,5-6,20H2,(H,25,26)/b21-12+. The predicted octanol–water partition coefficient (Wildman–Crippen LogP) is 1.29. The first kappa shape index (κ1) is 17.4. The fourth-order valence-electron chi connectivity index (χ4n) is 3.51. The van der Waals surface area contributed by atoms with Crippen LogP contribution >= 0.6 is 0 Å². The van der Waals surface area contributed by atoms with Gasteiger partial charge in [0.25, 0.3) is 0 Å². The summed E-state index contributed by atoms with van der Waals surface area (Å²) >= 11 is 0. The van der Waals surface area contributed by atoms with Gasteiger partial charge in [-0.15, -0.1) is 0 Å². The smallest absolute Gasteiger partial charge is 0.341 e. The van der Waals surface area contributed by atoms with E-state index in [1.165, 1.54) is 9.47 Å². The number of hydrogen-bond donors (Lipinski definition) is 3. The molecule has 0 spiro atoms. The first-order chi connectivity index (χ1) is 12.8. The number of oxime groups is 1. The molecule has 0 radical (unpaired) electrons. The number of anilines is 1. The minimum Gasteiger partial charge on any atom is -0.477 e. The van der Waals surface area contributed by atoms with Crippen molar-refractivity contribution in [1.82, 2.24) is 4.57 Å². The van der Waals surface area contributed by atoms with Crippen molar-refractivity contribution in [2.75, 3.05) is 18.0 Å². The number of carbonyl (C=O) groups is 1. The second kappa shape index (κ2) is 6.02. The molecular formula is C17H16F2N4O4. The van der Waals surface area contributed by atoms with Gasteiger partial charge in [0.15, 0.2) is 5.82 Å². The quantitative estimate of drug-likeness (QED) is 0.547. The van der Waals surface area contributed by atoms with Crippen LogP contribution in [0.25, 0.3) is 10.9 Å². The summed E-state index contributed by atoms with van der Waals surface area (Å²) in [5.41, 5.74) is 4.01. The number of nitrogens with zero attached hydrogens (tertiary/aromatic N) is 3. The van der Waals surface area contributed by atoms with E-state index >= 15 is 4.39 Å². The SMILES string of the molecule is NC1CN(c2c(F)cc3c(=O)c(C(=O)O)cn(C4CC4)c3c2F)C/C1=N\O. The number of pyridine rings is 1. The van der Waals surface area contributed by atoms with Gasteiger partial charge < -0.3 is 25.5 Å². The van der Waals surface area contributed by atoms with Gasteiger partial charge in [-0.25, -0.2) is 13.6 Å². The molecule has 1 unspecified atom stereocenters. The minimum absolute atomic E-state index is 0.0413. The molecule has 4 rings (SSSR count). The molecule has 10 heteroatoms. The fourth-order valence-corrected chi connectivity index (χ4v) is 3.51. The molecule has 2 aromatic rings. The number of benzene rings is 1. The normalized spacial score (nSPS) is 21.4. The zero-order valence-electron chi connectivity index (χ0n) is 14.0. The van der Waals surface area contributed by atoms with Crippen LogP contribution in [0.2, 0.25) is 0 Å². The molecule has 0 bridgehead atoms. The lowest BCUT2D eigenvalue weighted by Crippen LogP contribution is -2.30. The Morgan fingerprint density at radius 3 is 2.59 bits per heavy atom. The van der Waals surface area contributed by atoms with E-state index in [0.717, 1.165) is 12.3 Å². The molecule has 1 aromatic heterocycles. The van der Waals surface area contributed by atoms with Gasteiger partial charge >= 0.3 is 5.97 Å². The molecule has 0 amide bonds. The zero-order chi connectivity index (χ0) is 19.5. The lowest BCUT2D eigenvalue weighted by molar-refractivity contribution is 0.0694. The van der Waals surface area contributed by atoms with Crippen LogP contribution in [0.15, 0.2) is 22.2 Å². The molecule has 1 aliphatic carbocycles. The fraction of sp³-hybridized carbons (Fsp3) is 0.353. The van der Waals surface area contributed by atoms with Crippen LogP contribution in [0.1, 0.15) is 29.2 Å². The monoisotopic (exact) mass is 378 g/mol. The summed E-state index contributed by atoms with van der Waals surface area (Å²) in [4.78, 5) is 25.1. The summed E-state index contributed by atoms with van der Waals surface area (Å²) in [6.45, 7) is -0.0164. The number of halogens is 2. The summed E-state index contributed by atoms with van der Waals surface area (Å²) in [7, 11) is 0. The summed E-state index contributed by atoms with van der Waals surface area (Å²) in [6, 6.07) is 0.0417. The van der Waals surface area contributed by atoms with Crippen molar-refractivity contribution in [2.24, 2.45) is 10.9 Å². The van der Waals surface area contributed by atoms with Gasteiger partial charge in [-0.05, 0) is 18.9 Å². The van der Waals surface area contributed by atoms with Crippen molar-refractivity contribution in [1.29, 1.82) is 0 Å². The molecule has 1 saturated heterocycles. The Labute approximate surface area is 151 Å². The summed E-state index contributed by atoms with van der Waals surface area (Å²) in [6.07, 6.45) is 2.53. The second-order valence-corrected chi connectivity index (χ2v) is 6.81. The van der Waals surface area contributed by atoms with E-state index < -0.39 is 34.6 Å². The van der Waals surface area contributed by atoms with Crippen LogP contribution in [0.3, 0.4) is 0 Å². The van der Waals surface area contributed by atoms with Gasteiger partial charge in [0.1, 0.15) is 17.1 Å². The largest absolute Gasteiger partial charge is 0.477 e. The summed E-state index contributed by atoms with van der Waals surface area (Å²) < 4.78 is 31.5. The van der Waals surface area contributed by atoms with E-state index in [9.17, 15) is 19.1 Å². The van der Waals surface area contributed by atoms with Crippen LogP contribution in [0.4, 0.5) is 14.5 Å². The van der Waals surface area contributed by atoms with Gasteiger partial charge in [0.05, 0.1) is 29.2 Å². The number of carboxylic acids is 1. The Hall–Kier alpha value is -3.01. The number of aromatic nitrogens is 1. The van der Waals surface area contributed by atoms with E-state index in [4.69, 9.17) is 10.9 Å². The predicted molar refractivity (Wildman–Crippen MR) is 92.8 cm³/mol. The van der Waals surface area contributed by atoms with Crippen molar-refractivity contribution in [3.8, 4) is 0 Å². The molecule has 1 aliphatic heterocycles. The van der Waals surface area contributed by atoms with Crippen molar-refractivity contribution >= 4 is 28.3 Å². The highest BCUT2D eigenvalue weighted by atomic mass is 19.1. The third kappa shape index (κ3) is 2.64. The Morgan fingerprint density at radius 2 is 2.04 bits per heavy atom. The number of fused-ring (bicyclic) bond motifs is 1. The summed E-state index contributed by atoms with van der Waals surface area (Å²) in [5.74, 6) is -3.42. The maximum absolute atomic E-state index is 15.4. The molecule has 1 saturated carbocycles. The molecule has 1 atom stereocenters. The molecular weight excluding hydrogens is 362 g/mol. The molecule has 2 heterocycles. The number of rotatable bonds is 3. The highest BCUT2D eigenvalue weighted by Gasteiger charge is 2.34. The van der Waals surface area contributed by atoms with Gasteiger partial charge in [-0.3, -0.25) is 4.79 Å². The van der Waals surface area contributed by atoms with E-state index in [-0.39, 0.29) is 41.4 Å². The maximum Gasteiger partial charge on any atom is 0.341 e. The van der Waals surface area contributed by atoms with Crippen LogP contribution in [0.5, 0.6) is 0 Å². The lowest BCUT2D eigenvalue weighted by atomic mass is 10.1. The first-order valence-corrected chi connectivity index (χ1v) is 8.35. The molecule has 27 heavy (non-hydrogen) atoms. The van der Waals surface area contributed by atoms with Crippen molar-refractivity contribution in [2.45, 2.75) is 24.9 Å². The molecule has 142 valence electrons. The third-order valence-electron chi connectivity index (χ3n) is 5.00. The minimum atomic E-state index is -1.45. The van der Waals surface area contributed by atoms with Crippen LogP contribution in [-0.2, 0) is 0 Å². The van der Waals surface area contributed by atoms with Gasteiger partial charge in [-0.1, -0.05) is 5.16 Å². The lowest BCUT2D eigenvalue weighted by Gasteiger charge is -2.21. The van der Waals surface area contributed by atoms with E-state index in [1.807, 2.05) is 0 Å². The van der Waals surface area contributed by atoms with Gasteiger partial charge in [0.2, 0.25) is 5.43 Å². The Balaban J connectivity index is 1.99. The highest BCUT2D eigenvalue weighted by molar-refractivity contribution is 5.98. The van der Waals surface area contributed by atoms with E-state index in [1.54, 1.807) is 0 Å². The molecule has 2 fully saturated rings. The van der Waals surface area contributed by atoms with Crippen molar-refractivity contribution < 1.29 is 23.9 Å². The third-order valence-corrected chi connectivity index (χ3v) is 5.00. The molecule has 1 aromatic carbocycles. The molecule has 4 N–H and O–H groups in total. The first-order valence-electron chi connectivity index (χ1n) is 8.35. The topological polar surface area (TPSA) is 121 Å². The van der Waals surface area contributed by atoms with Gasteiger partial charge in [0, 0.05) is 18.8 Å². The van der Waals surface area contributed by atoms with E-state index in [0.29, 0.717) is 12.8 Å². The Bertz CT molecular complexity index is 1060. The number of hydrogen-bond acceptors (Lipinski definition) is 6. The Kier molecular flexibility index (Phi) is 3.88. The van der Waals surface area contributed by atoms with E-state index in [2.05, 4.69) is 5.16 Å². The number of carboxylic acid groups (broad SMARTS) is 1. The number of nitrogens with two attached hydrogens (primary N) is 1. The molecule has 8 nitrogen and oxygen atoms in total.